The molecule has 0 saturated carbocycles. The Kier molecular flexibility index (Phi) is 3.37. The van der Waals surface area contributed by atoms with Crippen molar-refractivity contribution in [2.24, 2.45) is 0 Å². The fourth-order valence-corrected chi connectivity index (χ4v) is 4.17. The number of hydrogen-bond acceptors (Lipinski definition) is 5. The van der Waals surface area contributed by atoms with E-state index in [1.54, 1.807) is 22.7 Å². The molecule has 0 aromatic carbocycles. The van der Waals surface area contributed by atoms with Crippen LogP contribution in [0.2, 0.25) is 0 Å². The molecule has 2 aromatic heterocycles. The van der Waals surface area contributed by atoms with Gasteiger partial charge in [0.1, 0.15) is 0 Å². The number of hydrogen-bond donors (Lipinski definition) is 1. The quantitative estimate of drug-likeness (QED) is 0.936. The van der Waals surface area contributed by atoms with Crippen LogP contribution in [0, 0.1) is 0 Å². The van der Waals surface area contributed by atoms with Gasteiger partial charge in [-0.05, 0) is 37.8 Å². The van der Waals surface area contributed by atoms with Gasteiger partial charge >= 0.3 is 0 Å². The maximum absolute atomic E-state index is 5.89. The van der Waals surface area contributed by atoms with Crippen LogP contribution < -0.4 is 5.73 Å². The van der Waals surface area contributed by atoms with Crippen molar-refractivity contribution in [2.75, 3.05) is 12.3 Å². The number of nitrogens with zero attached hydrogens (tertiary/aromatic N) is 2. The molecule has 0 amide bonds. The minimum absolute atomic E-state index is 0.681. The molecule has 1 saturated heterocycles. The van der Waals surface area contributed by atoms with E-state index in [-0.39, 0.29) is 0 Å². The van der Waals surface area contributed by atoms with Gasteiger partial charge in [-0.25, -0.2) is 4.98 Å². The minimum atomic E-state index is 0.681. The topological polar surface area (TPSA) is 42.1 Å². The lowest BCUT2D eigenvalue weighted by Gasteiger charge is -2.20. The zero-order valence-corrected chi connectivity index (χ0v) is 12.1. The number of aromatic nitrogens is 1. The molecule has 3 heterocycles. The summed E-state index contributed by atoms with van der Waals surface area (Å²) in [7, 11) is 0. The molecule has 0 radical (unpaired) electrons. The number of thiazole rings is 1. The summed E-state index contributed by atoms with van der Waals surface area (Å²) in [5, 5.41) is 2.77. The van der Waals surface area contributed by atoms with E-state index in [0.29, 0.717) is 11.2 Å². The van der Waals surface area contributed by atoms with E-state index in [1.165, 1.54) is 29.1 Å². The van der Waals surface area contributed by atoms with E-state index >= 15 is 0 Å². The van der Waals surface area contributed by atoms with Crippen molar-refractivity contribution < 1.29 is 0 Å². The molecule has 1 atom stereocenters. The number of rotatable bonds is 3. The SMILES string of the molecule is C[C@@H]1CCCN1Cc1sc(N)nc1-c1cccs1. The second kappa shape index (κ2) is 4.99. The molecule has 0 bridgehead atoms. The summed E-state index contributed by atoms with van der Waals surface area (Å²) in [6, 6.07) is 4.87. The summed E-state index contributed by atoms with van der Waals surface area (Å²) >= 11 is 3.37. The van der Waals surface area contributed by atoms with Crippen LogP contribution in [0.3, 0.4) is 0 Å². The van der Waals surface area contributed by atoms with Gasteiger partial charge in [0.25, 0.3) is 0 Å². The summed E-state index contributed by atoms with van der Waals surface area (Å²) in [6.07, 6.45) is 2.62. The summed E-state index contributed by atoms with van der Waals surface area (Å²) in [4.78, 5) is 9.57. The predicted molar refractivity (Wildman–Crippen MR) is 78.9 cm³/mol. The Morgan fingerprint density at radius 1 is 1.56 bits per heavy atom. The zero-order chi connectivity index (χ0) is 12.5. The molecule has 96 valence electrons. The van der Waals surface area contributed by atoms with E-state index in [9.17, 15) is 0 Å². The molecule has 2 aromatic rings. The number of nitrogen functional groups attached to an aromatic ring is 1. The van der Waals surface area contributed by atoms with Gasteiger partial charge in [0.2, 0.25) is 0 Å². The van der Waals surface area contributed by atoms with Crippen molar-refractivity contribution >= 4 is 27.8 Å². The lowest BCUT2D eigenvalue weighted by atomic mass is 10.2. The van der Waals surface area contributed by atoms with Crippen LogP contribution >= 0.6 is 22.7 Å². The first-order valence-corrected chi connectivity index (χ1v) is 7.97. The van der Waals surface area contributed by atoms with Crippen molar-refractivity contribution in [1.82, 2.24) is 9.88 Å². The molecule has 18 heavy (non-hydrogen) atoms. The first-order chi connectivity index (χ1) is 8.74. The second-order valence-corrected chi connectivity index (χ2v) is 6.83. The molecule has 0 aliphatic carbocycles. The fourth-order valence-electron chi connectivity index (χ4n) is 2.49. The van der Waals surface area contributed by atoms with Crippen LogP contribution in [-0.2, 0) is 6.54 Å². The second-order valence-electron chi connectivity index (χ2n) is 4.76. The van der Waals surface area contributed by atoms with Crippen molar-refractivity contribution in [2.45, 2.75) is 32.4 Å². The van der Waals surface area contributed by atoms with Gasteiger partial charge in [-0.2, -0.15) is 0 Å². The first-order valence-electron chi connectivity index (χ1n) is 6.27. The van der Waals surface area contributed by atoms with Crippen molar-refractivity contribution in [1.29, 1.82) is 0 Å². The number of anilines is 1. The molecule has 1 fully saturated rings. The maximum atomic E-state index is 5.89. The standard InChI is InChI=1S/C13H17N3S2/c1-9-4-2-6-16(9)8-11-12(15-13(14)18-11)10-5-3-7-17-10/h3,5,7,9H,2,4,6,8H2,1H3,(H2,14,15)/t9-/m1/s1. The lowest BCUT2D eigenvalue weighted by molar-refractivity contribution is 0.263. The number of nitrogens with two attached hydrogens (primary N) is 1. The van der Waals surface area contributed by atoms with Crippen molar-refractivity contribution in [3.63, 3.8) is 0 Å². The zero-order valence-electron chi connectivity index (χ0n) is 10.4. The van der Waals surface area contributed by atoms with Gasteiger partial charge in [0.05, 0.1) is 10.6 Å². The van der Waals surface area contributed by atoms with Gasteiger partial charge in [0.15, 0.2) is 5.13 Å². The monoisotopic (exact) mass is 279 g/mol. The Balaban J connectivity index is 1.87. The molecule has 3 nitrogen and oxygen atoms in total. The highest BCUT2D eigenvalue weighted by molar-refractivity contribution is 7.17. The third-order valence-corrected chi connectivity index (χ3v) is 5.25. The molecule has 5 heteroatoms. The minimum Gasteiger partial charge on any atom is -0.375 e. The molecule has 1 aliphatic heterocycles. The molecule has 0 unspecified atom stereocenters. The summed E-state index contributed by atoms with van der Waals surface area (Å²) < 4.78 is 0. The average Bonchev–Trinajstić information content (AvgIpc) is 3.02. The maximum Gasteiger partial charge on any atom is 0.180 e. The van der Waals surface area contributed by atoms with Gasteiger partial charge in [-0.1, -0.05) is 6.07 Å². The Morgan fingerprint density at radius 2 is 2.44 bits per heavy atom. The molecular formula is C13H17N3S2. The van der Waals surface area contributed by atoms with Crippen LogP contribution in [0.15, 0.2) is 17.5 Å². The average molecular weight is 279 g/mol. The highest BCUT2D eigenvalue weighted by Crippen LogP contribution is 2.34. The Labute approximate surface area is 115 Å². The van der Waals surface area contributed by atoms with Crippen molar-refractivity contribution in [3.8, 4) is 10.6 Å². The van der Waals surface area contributed by atoms with Crippen LogP contribution in [0.5, 0.6) is 0 Å². The van der Waals surface area contributed by atoms with Crippen LogP contribution in [0.25, 0.3) is 10.6 Å². The molecule has 0 spiro atoms. The first kappa shape index (κ1) is 12.1. The Hall–Kier alpha value is -0.910. The normalized spacial score (nSPS) is 20.6. The van der Waals surface area contributed by atoms with Crippen LogP contribution in [0.1, 0.15) is 24.6 Å². The Morgan fingerprint density at radius 3 is 3.11 bits per heavy atom. The van der Waals surface area contributed by atoms with Gasteiger partial charge in [0, 0.05) is 17.5 Å². The van der Waals surface area contributed by atoms with E-state index in [0.717, 1.165) is 12.2 Å². The third-order valence-electron chi connectivity index (χ3n) is 3.51. The van der Waals surface area contributed by atoms with E-state index in [1.807, 2.05) is 0 Å². The smallest absolute Gasteiger partial charge is 0.180 e. The van der Waals surface area contributed by atoms with E-state index < -0.39 is 0 Å². The van der Waals surface area contributed by atoms with Crippen molar-refractivity contribution in [3.05, 3.63) is 22.4 Å². The summed E-state index contributed by atoms with van der Waals surface area (Å²) in [6.45, 7) is 4.49. The van der Waals surface area contributed by atoms with E-state index in [4.69, 9.17) is 5.73 Å². The predicted octanol–water partition coefficient (Wildman–Crippen LogP) is 3.44. The van der Waals surface area contributed by atoms with Gasteiger partial charge in [-0.15, -0.1) is 22.7 Å². The summed E-state index contributed by atoms with van der Waals surface area (Å²) in [5.41, 5.74) is 6.98. The lowest BCUT2D eigenvalue weighted by Crippen LogP contribution is -2.25. The highest BCUT2D eigenvalue weighted by atomic mass is 32.1. The molecule has 2 N–H and O–H groups in total. The van der Waals surface area contributed by atoms with Crippen LogP contribution in [0.4, 0.5) is 5.13 Å². The highest BCUT2D eigenvalue weighted by Gasteiger charge is 2.23. The fraction of sp³-hybridized carbons (Fsp3) is 0.462. The Bertz CT molecular complexity index is 518. The number of thiophene rings is 1. The largest absolute Gasteiger partial charge is 0.375 e. The molecule has 3 rings (SSSR count). The van der Waals surface area contributed by atoms with Gasteiger partial charge in [-0.3, -0.25) is 4.90 Å². The summed E-state index contributed by atoms with van der Waals surface area (Å²) in [5.74, 6) is 0. The molecular weight excluding hydrogens is 262 g/mol. The van der Waals surface area contributed by atoms with Crippen LogP contribution in [-0.4, -0.2) is 22.5 Å². The molecule has 1 aliphatic rings. The number of likely N-dealkylation sites (tertiary alicyclic amines) is 1. The third kappa shape index (κ3) is 2.30. The van der Waals surface area contributed by atoms with E-state index in [2.05, 4.69) is 34.3 Å². The van der Waals surface area contributed by atoms with Gasteiger partial charge < -0.3 is 5.73 Å².